The van der Waals surface area contributed by atoms with Crippen LogP contribution < -0.4 is 4.90 Å². The molecule has 4 saturated carbocycles. The lowest BCUT2D eigenvalue weighted by molar-refractivity contribution is -0.0431. The minimum atomic E-state index is 0.271. The van der Waals surface area contributed by atoms with Crippen molar-refractivity contribution in [3.63, 3.8) is 0 Å². The van der Waals surface area contributed by atoms with E-state index in [1.54, 1.807) is 22.3 Å². The van der Waals surface area contributed by atoms with E-state index in [2.05, 4.69) is 150 Å². The van der Waals surface area contributed by atoms with Gasteiger partial charge in [-0.15, -0.1) is 22.7 Å². The fourth-order valence-electron chi connectivity index (χ4n) is 13.2. The van der Waals surface area contributed by atoms with E-state index in [-0.39, 0.29) is 5.41 Å². The van der Waals surface area contributed by atoms with Gasteiger partial charge in [0.05, 0.1) is 0 Å². The number of benzene rings is 7. The van der Waals surface area contributed by atoms with Gasteiger partial charge < -0.3 is 4.90 Å². The molecule has 0 N–H and O–H groups in total. The molecule has 1 nitrogen and oxygen atoms in total. The molecule has 6 aliphatic carbocycles. The summed E-state index contributed by atoms with van der Waals surface area (Å²) in [6.45, 7) is 0. The van der Waals surface area contributed by atoms with E-state index in [1.807, 2.05) is 22.7 Å². The second-order valence-corrected chi connectivity index (χ2v) is 19.4. The predicted octanol–water partition coefficient (Wildman–Crippen LogP) is 15.0. The van der Waals surface area contributed by atoms with Crippen LogP contribution >= 0.6 is 22.7 Å². The molecule has 6 atom stereocenters. The molecule has 0 radical (unpaired) electrons. The Labute approximate surface area is 328 Å². The highest BCUT2D eigenvalue weighted by molar-refractivity contribution is 7.26. The van der Waals surface area contributed by atoms with Crippen molar-refractivity contribution in [1.29, 1.82) is 0 Å². The molecule has 2 heterocycles. The Morgan fingerprint density at radius 1 is 0.491 bits per heavy atom. The van der Waals surface area contributed by atoms with E-state index < -0.39 is 0 Å². The quantitative estimate of drug-likeness (QED) is 0.174. The van der Waals surface area contributed by atoms with E-state index in [0.29, 0.717) is 0 Å². The molecule has 0 saturated heterocycles. The standard InChI is InChI=1S/C52H37NS2/c1-3-10-46-37(6-1)39-19-17-35(27-48(39)54-46)53(36-18-20-40-38-7-2-4-11-47(38)55-49(40)28-36)34-15-12-30(13-16-34)31-14-21-44-43(26-31)41-8-5-9-42-50-32-22-29-23-33(25-32)52(44,51(41)42)45(50)24-29/h1-21,26-29,32-33,45,50H,22-25H2. The molecule has 0 aliphatic heterocycles. The van der Waals surface area contributed by atoms with Crippen LogP contribution in [0.1, 0.15) is 48.3 Å². The zero-order chi connectivity index (χ0) is 35.6. The van der Waals surface area contributed by atoms with Gasteiger partial charge in [0.25, 0.3) is 0 Å². The van der Waals surface area contributed by atoms with E-state index in [9.17, 15) is 0 Å². The number of rotatable bonds is 4. The first-order chi connectivity index (χ1) is 27.2. The summed E-state index contributed by atoms with van der Waals surface area (Å²) < 4.78 is 5.32. The largest absolute Gasteiger partial charge is 0.310 e. The number of hydrogen-bond donors (Lipinski definition) is 0. The van der Waals surface area contributed by atoms with Crippen LogP contribution in [0.4, 0.5) is 17.1 Å². The lowest BCUT2D eigenvalue weighted by Crippen LogP contribution is -2.54. The van der Waals surface area contributed by atoms with Gasteiger partial charge in [0.2, 0.25) is 0 Å². The normalized spacial score (nSPS) is 25.1. The van der Waals surface area contributed by atoms with Crippen molar-refractivity contribution in [1.82, 2.24) is 0 Å². The lowest BCUT2D eigenvalue weighted by atomic mass is 9.43. The highest BCUT2D eigenvalue weighted by atomic mass is 32.1. The van der Waals surface area contributed by atoms with Crippen LogP contribution in [0, 0.1) is 23.7 Å². The van der Waals surface area contributed by atoms with E-state index in [0.717, 1.165) is 29.6 Å². The van der Waals surface area contributed by atoms with Gasteiger partial charge in [-0.25, -0.2) is 0 Å². The molecule has 6 aliphatic rings. The number of hydrogen-bond acceptors (Lipinski definition) is 3. The third kappa shape index (κ3) is 3.79. The fourth-order valence-corrected chi connectivity index (χ4v) is 15.4. The predicted molar refractivity (Wildman–Crippen MR) is 234 cm³/mol. The Kier molecular flexibility index (Phi) is 5.76. The summed E-state index contributed by atoms with van der Waals surface area (Å²) in [5.41, 5.74) is 14.6. The zero-order valence-corrected chi connectivity index (χ0v) is 32.0. The first-order valence-corrected chi connectivity index (χ1v) is 21.9. The molecule has 9 aromatic rings. The SMILES string of the molecule is c1cc2c3c(c1)C1C4CC5CC(C4)C3(c3ccc(-c4ccc(N(c6ccc7c(c6)sc6ccccc67)c6ccc7c(c6)sc6ccccc67)cc4)cc3-2)C1C5. The Hall–Kier alpha value is -5.22. The van der Waals surface area contributed by atoms with Gasteiger partial charge in [-0.05, 0) is 149 Å². The van der Waals surface area contributed by atoms with Crippen molar-refractivity contribution >= 4 is 80.1 Å². The van der Waals surface area contributed by atoms with Crippen LogP contribution in [-0.4, -0.2) is 0 Å². The Bertz CT molecular complexity index is 3000. The van der Waals surface area contributed by atoms with Crippen molar-refractivity contribution in [2.45, 2.75) is 37.0 Å². The summed E-state index contributed by atoms with van der Waals surface area (Å²) in [7, 11) is 0. The first kappa shape index (κ1) is 30.1. The molecule has 6 bridgehead atoms. The monoisotopic (exact) mass is 739 g/mol. The molecule has 3 heteroatoms. The first-order valence-electron chi connectivity index (χ1n) is 20.2. The third-order valence-corrected chi connectivity index (χ3v) is 17.2. The van der Waals surface area contributed by atoms with E-state index in [1.165, 1.54) is 99.8 Å². The lowest BCUT2D eigenvalue weighted by Gasteiger charge is -2.60. The van der Waals surface area contributed by atoms with Gasteiger partial charge in [-0.2, -0.15) is 0 Å². The van der Waals surface area contributed by atoms with Crippen molar-refractivity contribution in [3.05, 3.63) is 162 Å². The maximum Gasteiger partial charge on any atom is 0.0476 e. The minimum absolute atomic E-state index is 0.271. The maximum atomic E-state index is 2.57. The molecule has 7 aromatic carbocycles. The second kappa shape index (κ2) is 10.5. The summed E-state index contributed by atoms with van der Waals surface area (Å²) in [5, 5.41) is 5.33. The van der Waals surface area contributed by atoms with Crippen molar-refractivity contribution in [2.24, 2.45) is 23.7 Å². The number of thiophene rings is 2. The fraction of sp³-hybridized carbons (Fsp3) is 0.192. The van der Waals surface area contributed by atoms with Gasteiger partial charge in [-0.3, -0.25) is 0 Å². The summed E-state index contributed by atoms with van der Waals surface area (Å²) in [6.07, 6.45) is 5.81. The van der Waals surface area contributed by atoms with Crippen LogP contribution in [0.3, 0.4) is 0 Å². The molecular formula is C52H37NS2. The van der Waals surface area contributed by atoms with Gasteiger partial charge in [0.1, 0.15) is 0 Å². The van der Waals surface area contributed by atoms with E-state index in [4.69, 9.17) is 0 Å². The van der Waals surface area contributed by atoms with Gasteiger partial charge in [0.15, 0.2) is 0 Å². The minimum Gasteiger partial charge on any atom is -0.310 e. The van der Waals surface area contributed by atoms with E-state index >= 15 is 0 Å². The summed E-state index contributed by atoms with van der Waals surface area (Å²) >= 11 is 3.77. The van der Waals surface area contributed by atoms with Gasteiger partial charge >= 0.3 is 0 Å². The van der Waals surface area contributed by atoms with Crippen LogP contribution in [0.5, 0.6) is 0 Å². The second-order valence-electron chi connectivity index (χ2n) is 17.2. The van der Waals surface area contributed by atoms with Crippen LogP contribution in [0.25, 0.3) is 62.6 Å². The molecule has 15 rings (SSSR count). The van der Waals surface area contributed by atoms with Gasteiger partial charge in [0, 0.05) is 62.8 Å². The molecule has 55 heavy (non-hydrogen) atoms. The third-order valence-electron chi connectivity index (χ3n) is 14.9. The van der Waals surface area contributed by atoms with Gasteiger partial charge in [-0.1, -0.05) is 91.0 Å². The molecule has 0 amide bonds. The zero-order valence-electron chi connectivity index (χ0n) is 30.3. The van der Waals surface area contributed by atoms with Crippen LogP contribution in [0.2, 0.25) is 0 Å². The Morgan fingerprint density at radius 2 is 1.15 bits per heavy atom. The number of anilines is 3. The smallest absolute Gasteiger partial charge is 0.0476 e. The van der Waals surface area contributed by atoms with Crippen LogP contribution in [0.15, 0.2) is 146 Å². The number of nitrogens with zero attached hydrogens (tertiary/aromatic N) is 1. The highest BCUT2D eigenvalue weighted by Crippen LogP contribution is 2.77. The average Bonchev–Trinajstić information content (AvgIpc) is 3.94. The van der Waals surface area contributed by atoms with Crippen molar-refractivity contribution in [3.8, 4) is 22.3 Å². The van der Waals surface area contributed by atoms with Crippen LogP contribution in [-0.2, 0) is 5.41 Å². The topological polar surface area (TPSA) is 3.24 Å². The summed E-state index contributed by atoms with van der Waals surface area (Å²) in [4.78, 5) is 2.45. The molecule has 6 unspecified atom stereocenters. The molecule has 4 fully saturated rings. The van der Waals surface area contributed by atoms with Crippen molar-refractivity contribution < 1.29 is 0 Å². The molecule has 2 aromatic heterocycles. The molecule has 262 valence electrons. The molecule has 1 spiro atoms. The molecular weight excluding hydrogens is 703 g/mol. The summed E-state index contributed by atoms with van der Waals surface area (Å²) in [5.74, 6) is 4.32. The maximum absolute atomic E-state index is 2.57. The number of fused-ring (bicyclic) bond motifs is 8. The Morgan fingerprint density at radius 3 is 1.87 bits per heavy atom. The van der Waals surface area contributed by atoms with Crippen molar-refractivity contribution in [2.75, 3.05) is 4.90 Å². The highest BCUT2D eigenvalue weighted by Gasteiger charge is 2.69. The Balaban J connectivity index is 0.893. The average molecular weight is 740 g/mol. The summed E-state index contributed by atoms with van der Waals surface area (Å²) in [6, 6.07) is 56.0.